The molecule has 1 N–H and O–H groups in total. The van der Waals surface area contributed by atoms with Gasteiger partial charge in [0.2, 0.25) is 5.91 Å². The lowest BCUT2D eigenvalue weighted by atomic mass is 10.1. The van der Waals surface area contributed by atoms with E-state index >= 15 is 0 Å². The fraction of sp³-hybridized carbons (Fsp3) is 0.516. The highest BCUT2D eigenvalue weighted by molar-refractivity contribution is 5.92. The number of anilines is 1. The van der Waals surface area contributed by atoms with E-state index in [4.69, 9.17) is 9.97 Å². The molecule has 1 aliphatic heterocycles. The Hall–Kier alpha value is -3.19. The Bertz CT molecular complexity index is 1170. The number of phenols is 1. The van der Waals surface area contributed by atoms with Gasteiger partial charge in [0.1, 0.15) is 11.6 Å². The van der Waals surface area contributed by atoms with Crippen molar-refractivity contribution in [3.63, 3.8) is 0 Å². The van der Waals surface area contributed by atoms with Gasteiger partial charge in [-0.15, -0.1) is 0 Å². The molecule has 0 bridgehead atoms. The second-order valence-corrected chi connectivity index (χ2v) is 9.67. The summed E-state index contributed by atoms with van der Waals surface area (Å²) in [6.07, 6.45) is 4.24. The van der Waals surface area contributed by atoms with Crippen molar-refractivity contribution in [3.8, 4) is 17.1 Å². The van der Waals surface area contributed by atoms with Gasteiger partial charge in [-0.2, -0.15) is 0 Å². The van der Waals surface area contributed by atoms with Gasteiger partial charge < -0.3 is 19.8 Å². The van der Waals surface area contributed by atoms with Gasteiger partial charge in [0, 0.05) is 44.5 Å². The summed E-state index contributed by atoms with van der Waals surface area (Å²) in [5.74, 6) is 1.78. The summed E-state index contributed by atoms with van der Waals surface area (Å²) in [6, 6.07) is 13.4. The summed E-state index contributed by atoms with van der Waals surface area (Å²) in [5, 5.41) is 11.4. The van der Waals surface area contributed by atoms with Crippen LogP contribution in [0, 0.1) is 6.92 Å². The second-order valence-electron chi connectivity index (χ2n) is 9.67. The average Bonchev–Trinajstić information content (AvgIpc) is 2.95. The zero-order valence-corrected chi connectivity index (χ0v) is 23.9. The lowest BCUT2D eigenvalue weighted by Crippen LogP contribution is -2.49. The number of rotatable bonds is 10. The predicted molar refractivity (Wildman–Crippen MR) is 158 cm³/mol. The highest BCUT2D eigenvalue weighted by Gasteiger charge is 2.24. The topological polar surface area (TPSA) is 72.8 Å². The number of nitrogens with zero attached hydrogens (tertiary/aromatic N) is 5. The fourth-order valence-corrected chi connectivity index (χ4v) is 4.84. The molecule has 0 atom stereocenters. The number of carbonyl (C=O) groups excluding carboxylic acids is 1. The van der Waals surface area contributed by atoms with Gasteiger partial charge in [-0.05, 0) is 56.3 Å². The summed E-state index contributed by atoms with van der Waals surface area (Å²) in [4.78, 5) is 29.3. The minimum atomic E-state index is 0.168. The number of unbranched alkanes of at least 4 members (excludes halogenated alkanes) is 2. The van der Waals surface area contributed by atoms with E-state index in [1.165, 1.54) is 19.3 Å². The Morgan fingerprint density at radius 3 is 2.39 bits per heavy atom. The number of fused-ring (bicyclic) bond motifs is 1. The largest absolute Gasteiger partial charge is 0.507 e. The Morgan fingerprint density at radius 1 is 0.974 bits per heavy atom. The molecule has 2 aromatic carbocycles. The molecule has 7 nitrogen and oxygen atoms in total. The molecule has 206 valence electrons. The van der Waals surface area contributed by atoms with Crippen LogP contribution in [0.3, 0.4) is 0 Å². The van der Waals surface area contributed by atoms with Gasteiger partial charge in [-0.25, -0.2) is 9.97 Å². The van der Waals surface area contributed by atoms with E-state index in [1.807, 2.05) is 30.9 Å². The van der Waals surface area contributed by atoms with E-state index < -0.39 is 0 Å². The minimum Gasteiger partial charge on any atom is -0.507 e. The van der Waals surface area contributed by atoms with Gasteiger partial charge >= 0.3 is 0 Å². The van der Waals surface area contributed by atoms with E-state index in [9.17, 15) is 9.90 Å². The lowest BCUT2D eigenvalue weighted by molar-refractivity contribution is -0.131. The van der Waals surface area contributed by atoms with Crippen LogP contribution >= 0.6 is 0 Å². The summed E-state index contributed by atoms with van der Waals surface area (Å²) >= 11 is 0. The molecule has 0 unspecified atom stereocenters. The summed E-state index contributed by atoms with van der Waals surface area (Å²) in [6.45, 7) is 16.2. The van der Waals surface area contributed by atoms with Crippen molar-refractivity contribution in [2.24, 2.45) is 0 Å². The van der Waals surface area contributed by atoms with Crippen molar-refractivity contribution in [3.05, 3.63) is 48.0 Å². The van der Waals surface area contributed by atoms with Crippen LogP contribution in [0.4, 0.5) is 5.82 Å². The monoisotopic (exact) mass is 519 g/mol. The summed E-state index contributed by atoms with van der Waals surface area (Å²) in [7, 11) is 0. The molecule has 1 aromatic heterocycles. The van der Waals surface area contributed by atoms with Crippen LogP contribution in [-0.2, 0) is 4.79 Å². The van der Waals surface area contributed by atoms with Crippen LogP contribution in [0.5, 0.6) is 5.75 Å². The molecule has 0 aliphatic carbocycles. The number of phenolic OH excluding ortho intramolecular Hbond substituents is 1. The third-order valence-electron chi connectivity index (χ3n) is 7.08. The number of amides is 1. The van der Waals surface area contributed by atoms with Gasteiger partial charge in [-0.1, -0.05) is 58.7 Å². The predicted octanol–water partition coefficient (Wildman–Crippen LogP) is 5.89. The minimum absolute atomic E-state index is 0.168. The number of hydrogen-bond donors (Lipinski definition) is 1. The van der Waals surface area contributed by atoms with E-state index in [1.54, 1.807) is 12.1 Å². The highest BCUT2D eigenvalue weighted by atomic mass is 16.3. The molecule has 1 saturated heterocycles. The van der Waals surface area contributed by atoms with E-state index in [0.29, 0.717) is 30.9 Å². The Balaban J connectivity index is 0.00000195. The first-order valence-corrected chi connectivity index (χ1v) is 14.3. The standard InChI is InChI=1S/C29H39N5O2.C2H6/c1-4-6-9-15-32(5-2)16-14-27(36)33-17-19-34(20-18-33)29-23-13-12-22(3)21-25(23)30-28(31-29)24-10-7-8-11-26(24)35;1-2/h7-8,10-13,21,35H,4-6,9,14-20H2,1-3H3;1-2H3. The van der Waals surface area contributed by atoms with E-state index in [0.717, 1.165) is 55.0 Å². The molecule has 1 fully saturated rings. The molecule has 0 radical (unpaired) electrons. The van der Waals surface area contributed by atoms with Crippen molar-refractivity contribution in [1.82, 2.24) is 19.8 Å². The van der Waals surface area contributed by atoms with Crippen molar-refractivity contribution in [1.29, 1.82) is 0 Å². The van der Waals surface area contributed by atoms with Crippen molar-refractivity contribution in [2.75, 3.05) is 50.7 Å². The van der Waals surface area contributed by atoms with Crippen LogP contribution in [0.25, 0.3) is 22.3 Å². The Kier molecular flexibility index (Phi) is 11.3. The highest BCUT2D eigenvalue weighted by Crippen LogP contribution is 2.32. The third kappa shape index (κ3) is 7.44. The quantitative estimate of drug-likeness (QED) is 0.337. The van der Waals surface area contributed by atoms with Crippen LogP contribution in [0.15, 0.2) is 42.5 Å². The maximum absolute atomic E-state index is 12.9. The lowest BCUT2D eigenvalue weighted by Gasteiger charge is -2.36. The first kappa shape index (κ1) is 29.4. The molecule has 1 amide bonds. The zero-order valence-electron chi connectivity index (χ0n) is 23.9. The molecular weight excluding hydrogens is 474 g/mol. The molecule has 2 heterocycles. The SMILES string of the molecule is CC.CCCCCN(CC)CCC(=O)N1CCN(c2nc(-c3ccccc3O)nc3cc(C)ccc23)CC1. The van der Waals surface area contributed by atoms with E-state index in [2.05, 4.69) is 48.8 Å². The number of benzene rings is 2. The van der Waals surface area contributed by atoms with Crippen LogP contribution in [0.2, 0.25) is 0 Å². The number of aromatic hydroxyl groups is 1. The summed E-state index contributed by atoms with van der Waals surface area (Å²) < 4.78 is 0. The number of aromatic nitrogens is 2. The van der Waals surface area contributed by atoms with E-state index in [-0.39, 0.29) is 11.7 Å². The molecule has 7 heteroatoms. The van der Waals surface area contributed by atoms with Gasteiger partial charge in [-0.3, -0.25) is 4.79 Å². The zero-order chi connectivity index (χ0) is 27.5. The van der Waals surface area contributed by atoms with Crippen molar-refractivity contribution < 1.29 is 9.90 Å². The maximum atomic E-state index is 12.9. The van der Waals surface area contributed by atoms with Gasteiger partial charge in [0.15, 0.2) is 5.82 Å². The molecular formula is C31H45N5O2. The molecule has 0 spiro atoms. The molecule has 1 aliphatic rings. The van der Waals surface area contributed by atoms with Crippen molar-refractivity contribution >= 4 is 22.6 Å². The molecule has 3 aromatic rings. The molecule has 0 saturated carbocycles. The fourth-order valence-electron chi connectivity index (χ4n) is 4.84. The van der Waals surface area contributed by atoms with Crippen LogP contribution < -0.4 is 4.90 Å². The number of hydrogen-bond acceptors (Lipinski definition) is 6. The maximum Gasteiger partial charge on any atom is 0.223 e. The number of aryl methyl sites for hydroxylation is 1. The van der Waals surface area contributed by atoms with Gasteiger partial charge in [0.05, 0.1) is 11.1 Å². The van der Waals surface area contributed by atoms with Crippen LogP contribution in [-0.4, -0.2) is 76.6 Å². The van der Waals surface area contributed by atoms with Gasteiger partial charge in [0.25, 0.3) is 0 Å². The first-order valence-electron chi connectivity index (χ1n) is 14.3. The normalized spacial score (nSPS) is 13.5. The molecule has 38 heavy (non-hydrogen) atoms. The number of para-hydroxylation sites is 1. The van der Waals surface area contributed by atoms with Crippen LogP contribution in [0.1, 0.15) is 58.9 Å². The second kappa shape index (κ2) is 14.7. The first-order chi connectivity index (χ1) is 18.5. The van der Waals surface area contributed by atoms with Crippen molar-refractivity contribution in [2.45, 2.75) is 60.3 Å². The summed E-state index contributed by atoms with van der Waals surface area (Å²) in [5.41, 5.74) is 2.61. The molecule has 4 rings (SSSR count). The number of piperazine rings is 1. The average molecular weight is 520 g/mol. The Labute approximate surface area is 228 Å². The number of carbonyl (C=O) groups is 1. The third-order valence-corrected chi connectivity index (χ3v) is 7.08. The Morgan fingerprint density at radius 2 is 1.71 bits per heavy atom. The smallest absolute Gasteiger partial charge is 0.223 e.